The fourth-order valence-corrected chi connectivity index (χ4v) is 2.00. The quantitative estimate of drug-likeness (QED) is 0.616. The van der Waals surface area contributed by atoms with Gasteiger partial charge in [-0.25, -0.2) is 4.79 Å². The van der Waals surface area contributed by atoms with E-state index in [4.69, 9.17) is 16.3 Å². The van der Waals surface area contributed by atoms with Crippen molar-refractivity contribution in [3.63, 3.8) is 0 Å². The number of carbonyl (C=O) groups excluding carboxylic acids is 1. The number of allylic oxidation sites excluding steroid dienone is 1. The molecule has 0 saturated carbocycles. The molecule has 19 heavy (non-hydrogen) atoms. The Morgan fingerprint density at radius 2 is 2.16 bits per heavy atom. The SMILES string of the molecule is CCOC(=O)C=C(CC(C)(C)C)c1ccncc1Cl. The second-order valence-electron chi connectivity index (χ2n) is 5.51. The van der Waals surface area contributed by atoms with E-state index in [0.29, 0.717) is 11.6 Å². The molecule has 0 unspecified atom stereocenters. The number of hydrogen-bond donors (Lipinski definition) is 0. The maximum Gasteiger partial charge on any atom is 0.331 e. The highest BCUT2D eigenvalue weighted by Crippen LogP contribution is 2.33. The maximum atomic E-state index is 11.7. The van der Waals surface area contributed by atoms with Gasteiger partial charge in [-0.3, -0.25) is 4.98 Å². The Bertz CT molecular complexity index is 475. The van der Waals surface area contributed by atoms with E-state index in [0.717, 1.165) is 17.6 Å². The third-order valence-corrected chi connectivity index (χ3v) is 2.72. The fourth-order valence-electron chi connectivity index (χ4n) is 1.76. The topological polar surface area (TPSA) is 39.2 Å². The first-order valence-electron chi connectivity index (χ1n) is 6.30. The van der Waals surface area contributed by atoms with Crippen LogP contribution in [0.15, 0.2) is 24.5 Å². The van der Waals surface area contributed by atoms with Gasteiger partial charge in [-0.15, -0.1) is 0 Å². The summed E-state index contributed by atoms with van der Waals surface area (Å²) in [5.41, 5.74) is 1.75. The summed E-state index contributed by atoms with van der Waals surface area (Å²) in [7, 11) is 0. The number of pyridine rings is 1. The Morgan fingerprint density at radius 3 is 2.68 bits per heavy atom. The highest BCUT2D eigenvalue weighted by molar-refractivity contribution is 6.32. The number of hydrogen-bond acceptors (Lipinski definition) is 3. The lowest BCUT2D eigenvalue weighted by atomic mass is 9.85. The first-order valence-corrected chi connectivity index (χ1v) is 6.68. The lowest BCUT2D eigenvalue weighted by molar-refractivity contribution is -0.137. The highest BCUT2D eigenvalue weighted by Gasteiger charge is 2.17. The summed E-state index contributed by atoms with van der Waals surface area (Å²) >= 11 is 6.15. The molecule has 0 N–H and O–H groups in total. The molecule has 3 nitrogen and oxygen atoms in total. The van der Waals surface area contributed by atoms with Crippen molar-refractivity contribution in [2.75, 3.05) is 6.61 Å². The summed E-state index contributed by atoms with van der Waals surface area (Å²) < 4.78 is 4.97. The Labute approximate surface area is 119 Å². The molecule has 104 valence electrons. The molecule has 0 fully saturated rings. The second-order valence-corrected chi connectivity index (χ2v) is 5.92. The minimum Gasteiger partial charge on any atom is -0.463 e. The molecule has 1 rings (SSSR count). The summed E-state index contributed by atoms with van der Waals surface area (Å²) in [6.07, 6.45) is 5.51. The van der Waals surface area contributed by atoms with E-state index < -0.39 is 0 Å². The molecule has 0 bridgehead atoms. The largest absolute Gasteiger partial charge is 0.463 e. The molecule has 0 saturated heterocycles. The van der Waals surface area contributed by atoms with Crippen LogP contribution in [0.4, 0.5) is 0 Å². The standard InChI is InChI=1S/C15H20ClNO2/c1-5-19-14(18)8-11(9-15(2,3)4)12-6-7-17-10-13(12)16/h6-8,10H,5,9H2,1-4H3. The van der Waals surface area contributed by atoms with Crippen LogP contribution in [0.3, 0.4) is 0 Å². The van der Waals surface area contributed by atoms with Crippen molar-refractivity contribution < 1.29 is 9.53 Å². The lowest BCUT2D eigenvalue weighted by Crippen LogP contribution is -2.09. The Morgan fingerprint density at radius 1 is 1.47 bits per heavy atom. The van der Waals surface area contributed by atoms with E-state index in [1.54, 1.807) is 19.3 Å². The van der Waals surface area contributed by atoms with E-state index >= 15 is 0 Å². The van der Waals surface area contributed by atoms with Gasteiger partial charge in [-0.1, -0.05) is 32.4 Å². The summed E-state index contributed by atoms with van der Waals surface area (Å²) in [5.74, 6) is -0.338. The minimum absolute atomic E-state index is 0.0466. The Balaban J connectivity index is 3.13. The Hall–Kier alpha value is -1.35. The second kappa shape index (κ2) is 6.71. The zero-order chi connectivity index (χ0) is 14.5. The minimum atomic E-state index is -0.338. The van der Waals surface area contributed by atoms with E-state index in [1.807, 2.05) is 6.07 Å². The van der Waals surface area contributed by atoms with Gasteiger partial charge in [0.05, 0.1) is 11.6 Å². The van der Waals surface area contributed by atoms with Gasteiger partial charge in [0.15, 0.2) is 0 Å². The van der Waals surface area contributed by atoms with Gasteiger partial charge < -0.3 is 4.74 Å². The third kappa shape index (κ3) is 5.43. The molecule has 4 heteroatoms. The predicted octanol–water partition coefficient (Wildman–Crippen LogP) is 4.12. The van der Waals surface area contributed by atoms with Gasteiger partial charge in [0.1, 0.15) is 0 Å². The van der Waals surface area contributed by atoms with Crippen LogP contribution in [0.25, 0.3) is 5.57 Å². The molecule has 0 amide bonds. The van der Waals surface area contributed by atoms with Gasteiger partial charge >= 0.3 is 5.97 Å². The highest BCUT2D eigenvalue weighted by atomic mass is 35.5. The number of halogens is 1. The maximum absolute atomic E-state index is 11.7. The molecule has 0 atom stereocenters. The monoisotopic (exact) mass is 281 g/mol. The first-order chi connectivity index (χ1) is 8.83. The normalized spacial score (nSPS) is 12.4. The summed E-state index contributed by atoms with van der Waals surface area (Å²) in [6, 6.07) is 1.82. The zero-order valence-electron chi connectivity index (χ0n) is 11.9. The molecule has 0 aromatic carbocycles. The molecular weight excluding hydrogens is 262 g/mol. The van der Waals surface area contributed by atoms with Gasteiger partial charge in [0.2, 0.25) is 0 Å². The van der Waals surface area contributed by atoms with Crippen LogP contribution >= 0.6 is 11.6 Å². The van der Waals surface area contributed by atoms with Crippen LogP contribution in [-0.2, 0) is 9.53 Å². The van der Waals surface area contributed by atoms with Crippen molar-refractivity contribution in [3.8, 4) is 0 Å². The first kappa shape index (κ1) is 15.7. The van der Waals surface area contributed by atoms with E-state index in [1.165, 1.54) is 6.08 Å². The predicted molar refractivity (Wildman–Crippen MR) is 77.9 cm³/mol. The molecule has 0 spiro atoms. The smallest absolute Gasteiger partial charge is 0.331 e. The van der Waals surface area contributed by atoms with Gasteiger partial charge in [0.25, 0.3) is 0 Å². The summed E-state index contributed by atoms with van der Waals surface area (Å²) in [5, 5.41) is 0.544. The number of ether oxygens (including phenoxy) is 1. The number of carbonyl (C=O) groups is 1. The third-order valence-electron chi connectivity index (χ3n) is 2.42. The molecular formula is C15H20ClNO2. The van der Waals surface area contributed by atoms with Crippen LogP contribution in [-0.4, -0.2) is 17.6 Å². The molecule has 0 aliphatic rings. The van der Waals surface area contributed by atoms with Crippen molar-refractivity contribution in [2.24, 2.45) is 5.41 Å². The number of esters is 1. The zero-order valence-corrected chi connectivity index (χ0v) is 12.6. The number of rotatable bonds is 4. The summed E-state index contributed by atoms with van der Waals surface area (Å²) in [4.78, 5) is 15.6. The van der Waals surface area contributed by atoms with Crippen molar-refractivity contribution in [1.29, 1.82) is 0 Å². The lowest BCUT2D eigenvalue weighted by Gasteiger charge is -2.21. The number of nitrogens with zero attached hydrogens (tertiary/aromatic N) is 1. The van der Waals surface area contributed by atoms with Crippen LogP contribution in [0.5, 0.6) is 0 Å². The van der Waals surface area contributed by atoms with Crippen LogP contribution in [0.2, 0.25) is 5.02 Å². The molecule has 0 aliphatic heterocycles. The van der Waals surface area contributed by atoms with Gasteiger partial charge in [-0.05, 0) is 36.0 Å². The number of aromatic nitrogens is 1. The average Bonchev–Trinajstić information content (AvgIpc) is 2.27. The van der Waals surface area contributed by atoms with E-state index in [2.05, 4.69) is 25.8 Å². The van der Waals surface area contributed by atoms with Crippen molar-refractivity contribution in [2.45, 2.75) is 34.1 Å². The molecule has 1 aromatic heterocycles. The van der Waals surface area contributed by atoms with Gasteiger partial charge in [0, 0.05) is 18.5 Å². The average molecular weight is 282 g/mol. The van der Waals surface area contributed by atoms with Crippen molar-refractivity contribution in [1.82, 2.24) is 4.98 Å². The van der Waals surface area contributed by atoms with E-state index in [9.17, 15) is 4.79 Å². The Kier molecular flexibility index (Phi) is 5.55. The van der Waals surface area contributed by atoms with E-state index in [-0.39, 0.29) is 11.4 Å². The molecule has 0 radical (unpaired) electrons. The van der Waals surface area contributed by atoms with Crippen LogP contribution in [0, 0.1) is 5.41 Å². The van der Waals surface area contributed by atoms with Crippen molar-refractivity contribution in [3.05, 3.63) is 35.1 Å². The van der Waals surface area contributed by atoms with Crippen molar-refractivity contribution >= 4 is 23.1 Å². The summed E-state index contributed by atoms with van der Waals surface area (Å²) in [6.45, 7) is 8.49. The van der Waals surface area contributed by atoms with Crippen LogP contribution in [0.1, 0.15) is 39.7 Å². The molecule has 1 aromatic rings. The van der Waals surface area contributed by atoms with Crippen LogP contribution < -0.4 is 0 Å². The van der Waals surface area contributed by atoms with Gasteiger partial charge in [-0.2, -0.15) is 0 Å². The molecule has 0 aliphatic carbocycles. The fraction of sp³-hybridized carbons (Fsp3) is 0.467. The molecule has 1 heterocycles.